The molecule has 0 aromatic heterocycles. The normalized spacial score (nSPS) is 14.0. The molecule has 1 amide bonds. The lowest BCUT2D eigenvalue weighted by Crippen LogP contribution is -2.51. The Morgan fingerprint density at radius 1 is 0.963 bits per heavy atom. The number of amides is 1. The van der Waals surface area contributed by atoms with Crippen molar-refractivity contribution in [2.24, 2.45) is 11.8 Å². The number of hydrogen-bond donors (Lipinski definition) is 2. The molecule has 0 spiro atoms. The number of esters is 2. The molecule has 9 heteroatoms. The molecule has 9 nitrogen and oxygen atoms in total. The largest absolute Gasteiger partial charge is 0.480 e. The number of carbonyl (C=O) groups excluding carboxylic acids is 3. The zero-order valence-electron chi connectivity index (χ0n) is 15.5. The predicted octanol–water partition coefficient (Wildman–Crippen LogP) is 0.542. The molecule has 148 valence electrons. The van der Waals surface area contributed by atoms with Gasteiger partial charge in [-0.15, -0.1) is 0 Å². The van der Waals surface area contributed by atoms with Crippen LogP contribution in [0.5, 0.6) is 0 Å². The Balaban J connectivity index is 3.09. The maximum atomic E-state index is 12.6. The van der Waals surface area contributed by atoms with E-state index in [1.54, 1.807) is 30.3 Å². The fraction of sp³-hybridized carbons (Fsp3) is 0.444. The SMILES string of the molecule is COC(=O)C(C(=O)OC)[C@@H](C)[C@@H](NC(=O)[C@@H](OC)c1ccccc1)C(=O)O. The quantitative estimate of drug-likeness (QED) is 0.469. The van der Waals surface area contributed by atoms with Gasteiger partial charge in [0.25, 0.3) is 5.91 Å². The highest BCUT2D eigenvalue weighted by molar-refractivity contribution is 5.96. The van der Waals surface area contributed by atoms with Gasteiger partial charge in [0.15, 0.2) is 12.0 Å². The van der Waals surface area contributed by atoms with Crippen LogP contribution in [0.3, 0.4) is 0 Å². The molecule has 1 rings (SSSR count). The number of carbonyl (C=O) groups is 4. The number of hydrogen-bond acceptors (Lipinski definition) is 7. The van der Waals surface area contributed by atoms with Crippen molar-refractivity contribution < 1.29 is 38.5 Å². The van der Waals surface area contributed by atoms with Gasteiger partial charge in [0.2, 0.25) is 0 Å². The average Bonchev–Trinajstić information content (AvgIpc) is 2.66. The summed E-state index contributed by atoms with van der Waals surface area (Å²) in [5.41, 5.74) is 0.520. The van der Waals surface area contributed by atoms with Crippen molar-refractivity contribution in [1.29, 1.82) is 0 Å². The number of ether oxygens (including phenoxy) is 3. The molecule has 0 saturated heterocycles. The highest BCUT2D eigenvalue weighted by Gasteiger charge is 2.42. The summed E-state index contributed by atoms with van der Waals surface area (Å²) in [6.45, 7) is 1.34. The Kier molecular flexibility index (Phi) is 8.40. The fourth-order valence-electron chi connectivity index (χ4n) is 2.64. The van der Waals surface area contributed by atoms with Crippen LogP contribution in [0.2, 0.25) is 0 Å². The lowest BCUT2D eigenvalue weighted by Gasteiger charge is -2.27. The van der Waals surface area contributed by atoms with E-state index in [-0.39, 0.29) is 0 Å². The maximum Gasteiger partial charge on any atom is 0.326 e. The molecule has 1 aromatic carbocycles. The van der Waals surface area contributed by atoms with Gasteiger partial charge >= 0.3 is 17.9 Å². The lowest BCUT2D eigenvalue weighted by molar-refractivity contribution is -0.163. The van der Waals surface area contributed by atoms with Crippen LogP contribution in [0, 0.1) is 11.8 Å². The van der Waals surface area contributed by atoms with Crippen LogP contribution < -0.4 is 5.32 Å². The van der Waals surface area contributed by atoms with Crippen molar-refractivity contribution >= 4 is 23.8 Å². The highest BCUT2D eigenvalue weighted by Crippen LogP contribution is 2.22. The van der Waals surface area contributed by atoms with E-state index in [9.17, 15) is 24.3 Å². The van der Waals surface area contributed by atoms with Gasteiger partial charge in [0, 0.05) is 13.0 Å². The number of benzene rings is 1. The zero-order valence-corrected chi connectivity index (χ0v) is 15.5. The van der Waals surface area contributed by atoms with E-state index in [1.165, 1.54) is 14.0 Å². The molecule has 2 N–H and O–H groups in total. The minimum atomic E-state index is -1.55. The molecule has 27 heavy (non-hydrogen) atoms. The van der Waals surface area contributed by atoms with Crippen molar-refractivity contribution in [3.05, 3.63) is 35.9 Å². The zero-order chi connectivity index (χ0) is 20.6. The topological polar surface area (TPSA) is 128 Å². The molecule has 0 fully saturated rings. The third-order valence-electron chi connectivity index (χ3n) is 4.10. The number of rotatable bonds is 9. The fourth-order valence-corrected chi connectivity index (χ4v) is 2.64. The van der Waals surface area contributed by atoms with Crippen LogP contribution in [-0.4, -0.2) is 56.3 Å². The van der Waals surface area contributed by atoms with Crippen LogP contribution in [0.1, 0.15) is 18.6 Å². The number of carboxylic acids is 1. The summed E-state index contributed by atoms with van der Waals surface area (Å²) in [6, 6.07) is 6.92. The Labute approximate surface area is 156 Å². The van der Waals surface area contributed by atoms with Gasteiger partial charge in [0.1, 0.15) is 6.04 Å². The van der Waals surface area contributed by atoms with E-state index >= 15 is 0 Å². The van der Waals surface area contributed by atoms with Crippen LogP contribution in [-0.2, 0) is 33.4 Å². The van der Waals surface area contributed by atoms with Crippen molar-refractivity contribution in [2.45, 2.75) is 19.1 Å². The summed E-state index contributed by atoms with van der Waals surface area (Å²) in [7, 11) is 3.44. The molecule has 0 aliphatic carbocycles. The van der Waals surface area contributed by atoms with Gasteiger partial charge in [-0.25, -0.2) is 4.79 Å². The van der Waals surface area contributed by atoms with Crippen LogP contribution in [0.25, 0.3) is 0 Å². The molecule has 1 aromatic rings. The monoisotopic (exact) mass is 381 g/mol. The molecule has 0 aliphatic rings. The van der Waals surface area contributed by atoms with E-state index in [2.05, 4.69) is 14.8 Å². The first-order chi connectivity index (χ1) is 12.8. The second-order valence-electron chi connectivity index (χ2n) is 5.73. The van der Waals surface area contributed by atoms with Crippen LogP contribution >= 0.6 is 0 Å². The molecule has 0 unspecified atom stereocenters. The number of aliphatic carboxylic acids is 1. The molecule has 0 bridgehead atoms. The average molecular weight is 381 g/mol. The molecular formula is C18H23NO8. The van der Waals surface area contributed by atoms with Gasteiger partial charge in [-0.3, -0.25) is 14.4 Å². The van der Waals surface area contributed by atoms with Crippen molar-refractivity contribution in [3.8, 4) is 0 Å². The van der Waals surface area contributed by atoms with E-state index in [0.717, 1.165) is 14.2 Å². The highest BCUT2D eigenvalue weighted by atomic mass is 16.5. The number of carboxylic acid groups (broad SMARTS) is 1. The van der Waals surface area contributed by atoms with Crippen molar-refractivity contribution in [1.82, 2.24) is 5.32 Å². The smallest absolute Gasteiger partial charge is 0.326 e. The summed E-state index contributed by atoms with van der Waals surface area (Å²) in [6.07, 6.45) is -1.06. The summed E-state index contributed by atoms with van der Waals surface area (Å²) in [5, 5.41) is 11.8. The lowest BCUT2D eigenvalue weighted by atomic mass is 9.87. The van der Waals surface area contributed by atoms with Gasteiger partial charge in [-0.05, 0) is 5.56 Å². The van der Waals surface area contributed by atoms with Gasteiger partial charge < -0.3 is 24.6 Å². The van der Waals surface area contributed by atoms with Gasteiger partial charge in [-0.1, -0.05) is 37.3 Å². The summed E-state index contributed by atoms with van der Waals surface area (Å²) in [4.78, 5) is 48.1. The first-order valence-corrected chi connectivity index (χ1v) is 8.05. The molecule has 0 saturated carbocycles. The van der Waals surface area contributed by atoms with Gasteiger partial charge in [0.05, 0.1) is 14.2 Å². The second-order valence-corrected chi connectivity index (χ2v) is 5.73. The third-order valence-corrected chi connectivity index (χ3v) is 4.10. The van der Waals surface area contributed by atoms with Crippen molar-refractivity contribution in [2.75, 3.05) is 21.3 Å². The number of nitrogens with one attached hydrogen (secondary N) is 1. The van der Waals surface area contributed by atoms with Crippen molar-refractivity contribution in [3.63, 3.8) is 0 Å². The molecule has 0 radical (unpaired) electrons. The maximum absolute atomic E-state index is 12.6. The van der Waals surface area contributed by atoms with E-state index in [1.807, 2.05) is 0 Å². The molecular weight excluding hydrogens is 358 g/mol. The summed E-state index contributed by atoms with van der Waals surface area (Å²) >= 11 is 0. The Morgan fingerprint density at radius 3 is 1.89 bits per heavy atom. The van der Waals surface area contributed by atoms with Gasteiger partial charge in [-0.2, -0.15) is 0 Å². The standard InChI is InChI=1S/C18H23NO8/c1-10(12(17(23)26-3)18(24)27-4)13(16(21)22)19-15(20)14(25-2)11-8-6-5-7-9-11/h5-10,12-14H,1-4H3,(H,19,20)(H,21,22)/t10-,13-,14+/m1/s1. The molecule has 0 heterocycles. The third kappa shape index (κ3) is 5.52. The first-order valence-electron chi connectivity index (χ1n) is 8.05. The molecule has 0 aliphatic heterocycles. The van der Waals surface area contributed by atoms with Crippen LogP contribution in [0.15, 0.2) is 30.3 Å². The summed E-state index contributed by atoms with van der Waals surface area (Å²) < 4.78 is 14.3. The minimum Gasteiger partial charge on any atom is -0.480 e. The van der Waals surface area contributed by atoms with E-state index in [4.69, 9.17) is 4.74 Å². The van der Waals surface area contributed by atoms with E-state index < -0.39 is 47.8 Å². The minimum absolute atomic E-state index is 0.520. The molecule has 3 atom stereocenters. The second kappa shape index (κ2) is 10.3. The van der Waals surface area contributed by atoms with Crippen LogP contribution in [0.4, 0.5) is 0 Å². The van der Waals surface area contributed by atoms with E-state index in [0.29, 0.717) is 5.56 Å². The first kappa shape index (κ1) is 22.1. The Morgan fingerprint density at radius 2 is 1.48 bits per heavy atom. The Bertz CT molecular complexity index is 659. The number of methoxy groups -OCH3 is 3. The predicted molar refractivity (Wildman–Crippen MR) is 92.4 cm³/mol. The summed E-state index contributed by atoms with van der Waals surface area (Å²) in [5.74, 6) is -6.71. The Hall–Kier alpha value is -2.94.